The second kappa shape index (κ2) is 8.98. The van der Waals surface area contributed by atoms with Crippen LogP contribution in [0.15, 0.2) is 59.7 Å². The van der Waals surface area contributed by atoms with Crippen LogP contribution in [0, 0.1) is 12.1 Å². The van der Waals surface area contributed by atoms with E-state index in [-0.39, 0.29) is 5.56 Å². The number of unbranched alkanes of at least 4 members (excludes halogenated alkanes) is 1. The number of anilines is 1. The Morgan fingerprint density at radius 3 is 2.67 bits per heavy atom. The first-order valence-electron chi connectivity index (χ1n) is 9.16. The van der Waals surface area contributed by atoms with Gasteiger partial charge in [-0.2, -0.15) is 4.73 Å². The number of hydrogen-bond donors (Lipinski definition) is 2. The van der Waals surface area contributed by atoms with Crippen LogP contribution in [-0.2, 0) is 12.8 Å². The summed E-state index contributed by atoms with van der Waals surface area (Å²) in [5.41, 5.74) is 3.09. The predicted octanol–water partition coefficient (Wildman–Crippen LogP) is 2.74. The number of hydrogen-bond acceptors (Lipinski definition) is 4. The van der Waals surface area contributed by atoms with Crippen molar-refractivity contribution >= 4 is 5.95 Å². The normalized spacial score (nSPS) is 10.7. The van der Waals surface area contributed by atoms with Crippen molar-refractivity contribution in [1.29, 1.82) is 0 Å². The SMILES string of the molecule is Cc1ccc(Cc2cnc(NCCCCc3ccccc3)[nH]c2=O)c[n+]1[O-]. The third-order valence-electron chi connectivity index (χ3n) is 4.46. The van der Waals surface area contributed by atoms with Gasteiger partial charge in [-0.15, -0.1) is 0 Å². The van der Waals surface area contributed by atoms with Crippen LogP contribution in [0.25, 0.3) is 0 Å². The fourth-order valence-corrected chi connectivity index (χ4v) is 2.86. The van der Waals surface area contributed by atoms with Crippen LogP contribution in [0.5, 0.6) is 0 Å². The number of aryl methyl sites for hydroxylation is 2. The molecule has 6 heteroatoms. The number of aromatic nitrogens is 3. The molecule has 2 aromatic heterocycles. The highest BCUT2D eigenvalue weighted by atomic mass is 16.5. The van der Waals surface area contributed by atoms with Gasteiger partial charge in [-0.25, -0.2) is 4.98 Å². The molecule has 2 N–H and O–H groups in total. The molecule has 0 aliphatic rings. The van der Waals surface area contributed by atoms with E-state index in [1.807, 2.05) is 12.1 Å². The number of aromatic amines is 1. The first kappa shape index (κ1) is 18.6. The third-order valence-corrected chi connectivity index (χ3v) is 4.46. The van der Waals surface area contributed by atoms with E-state index in [4.69, 9.17) is 0 Å². The van der Waals surface area contributed by atoms with Crippen LogP contribution in [-0.4, -0.2) is 16.5 Å². The van der Waals surface area contributed by atoms with Gasteiger partial charge in [0.05, 0.1) is 0 Å². The molecule has 0 spiro atoms. The maximum Gasteiger partial charge on any atom is 0.255 e. The van der Waals surface area contributed by atoms with Crippen molar-refractivity contribution in [2.45, 2.75) is 32.6 Å². The van der Waals surface area contributed by atoms with E-state index in [2.05, 4.69) is 39.6 Å². The van der Waals surface area contributed by atoms with Crippen molar-refractivity contribution in [3.05, 3.63) is 92.8 Å². The first-order chi connectivity index (χ1) is 13.1. The quantitative estimate of drug-likeness (QED) is 0.366. The topological polar surface area (TPSA) is 84.7 Å². The number of rotatable bonds is 8. The maximum atomic E-state index is 12.2. The molecule has 0 amide bonds. The zero-order chi connectivity index (χ0) is 19.1. The Balaban J connectivity index is 1.49. The number of nitrogens with zero attached hydrogens (tertiary/aromatic N) is 2. The van der Waals surface area contributed by atoms with E-state index < -0.39 is 0 Å². The summed E-state index contributed by atoms with van der Waals surface area (Å²) in [4.78, 5) is 19.3. The zero-order valence-corrected chi connectivity index (χ0v) is 15.4. The molecular weight excluding hydrogens is 340 g/mol. The van der Waals surface area contributed by atoms with Crippen LogP contribution >= 0.6 is 0 Å². The lowest BCUT2D eigenvalue weighted by molar-refractivity contribution is -0.612. The lowest BCUT2D eigenvalue weighted by Gasteiger charge is -2.07. The molecule has 0 aliphatic heterocycles. The fourth-order valence-electron chi connectivity index (χ4n) is 2.86. The molecule has 3 rings (SSSR count). The van der Waals surface area contributed by atoms with Gasteiger partial charge in [0, 0.05) is 43.3 Å². The molecule has 0 aliphatic carbocycles. The van der Waals surface area contributed by atoms with Crippen molar-refractivity contribution < 1.29 is 4.73 Å². The fraction of sp³-hybridized carbons (Fsp3) is 0.286. The van der Waals surface area contributed by atoms with Crippen LogP contribution in [0.2, 0.25) is 0 Å². The molecule has 0 saturated heterocycles. The van der Waals surface area contributed by atoms with Crippen LogP contribution in [0.4, 0.5) is 5.95 Å². The smallest absolute Gasteiger partial charge is 0.255 e. The van der Waals surface area contributed by atoms with E-state index in [0.717, 1.165) is 36.1 Å². The van der Waals surface area contributed by atoms with Gasteiger partial charge in [0.25, 0.3) is 5.56 Å². The Morgan fingerprint density at radius 1 is 1.11 bits per heavy atom. The third kappa shape index (κ3) is 5.41. The Kier molecular flexibility index (Phi) is 6.20. The zero-order valence-electron chi connectivity index (χ0n) is 15.4. The molecule has 0 saturated carbocycles. The molecule has 2 heterocycles. The average Bonchev–Trinajstić information content (AvgIpc) is 2.67. The first-order valence-corrected chi connectivity index (χ1v) is 9.16. The summed E-state index contributed by atoms with van der Waals surface area (Å²) in [5.74, 6) is 0.478. The molecule has 0 atom stereocenters. The van der Waals surface area contributed by atoms with Crippen molar-refractivity contribution in [2.24, 2.45) is 0 Å². The lowest BCUT2D eigenvalue weighted by atomic mass is 10.1. The maximum absolute atomic E-state index is 12.2. The van der Waals surface area contributed by atoms with E-state index >= 15 is 0 Å². The van der Waals surface area contributed by atoms with Gasteiger partial charge >= 0.3 is 0 Å². The van der Waals surface area contributed by atoms with Gasteiger partial charge in [-0.05, 0) is 30.9 Å². The summed E-state index contributed by atoms with van der Waals surface area (Å²) in [7, 11) is 0. The van der Waals surface area contributed by atoms with E-state index in [1.165, 1.54) is 11.8 Å². The van der Waals surface area contributed by atoms with E-state index in [9.17, 15) is 10.0 Å². The van der Waals surface area contributed by atoms with Crippen LogP contribution in [0.1, 0.15) is 35.2 Å². The van der Waals surface area contributed by atoms with Crippen LogP contribution < -0.4 is 15.6 Å². The van der Waals surface area contributed by atoms with Gasteiger partial charge in [0.2, 0.25) is 5.95 Å². The molecule has 6 nitrogen and oxygen atoms in total. The molecule has 140 valence electrons. The predicted molar refractivity (Wildman–Crippen MR) is 106 cm³/mol. The summed E-state index contributed by atoms with van der Waals surface area (Å²) in [5, 5.41) is 14.8. The van der Waals surface area contributed by atoms with Gasteiger partial charge in [0.15, 0.2) is 11.9 Å². The summed E-state index contributed by atoms with van der Waals surface area (Å²) in [6.45, 7) is 2.49. The van der Waals surface area contributed by atoms with Gasteiger partial charge in [-0.1, -0.05) is 30.3 Å². The molecular formula is C21H24N4O2. The van der Waals surface area contributed by atoms with Crippen LogP contribution in [0.3, 0.4) is 0 Å². The Hall–Kier alpha value is -3.15. The summed E-state index contributed by atoms with van der Waals surface area (Å²) in [6, 6.07) is 14.0. The van der Waals surface area contributed by atoms with Crippen molar-refractivity contribution in [3.63, 3.8) is 0 Å². The number of H-pyrrole nitrogens is 1. The molecule has 0 radical (unpaired) electrons. The molecule has 1 aromatic carbocycles. The molecule has 0 unspecified atom stereocenters. The largest absolute Gasteiger partial charge is 0.619 e. The Morgan fingerprint density at radius 2 is 1.93 bits per heavy atom. The highest BCUT2D eigenvalue weighted by molar-refractivity contribution is 5.27. The average molecular weight is 364 g/mol. The van der Waals surface area contributed by atoms with Crippen molar-refractivity contribution in [2.75, 3.05) is 11.9 Å². The molecule has 27 heavy (non-hydrogen) atoms. The number of benzene rings is 1. The molecule has 0 fully saturated rings. The number of pyridine rings is 1. The number of nitrogens with one attached hydrogen (secondary N) is 2. The highest BCUT2D eigenvalue weighted by Crippen LogP contribution is 2.06. The van der Waals surface area contributed by atoms with Gasteiger partial charge in [-0.3, -0.25) is 9.78 Å². The second-order valence-electron chi connectivity index (χ2n) is 6.64. The van der Waals surface area contributed by atoms with Gasteiger partial charge < -0.3 is 10.5 Å². The van der Waals surface area contributed by atoms with E-state index in [0.29, 0.717) is 23.6 Å². The summed E-state index contributed by atoms with van der Waals surface area (Å²) < 4.78 is 0.808. The van der Waals surface area contributed by atoms with Crippen molar-refractivity contribution in [3.8, 4) is 0 Å². The minimum atomic E-state index is -0.185. The summed E-state index contributed by atoms with van der Waals surface area (Å²) >= 11 is 0. The lowest BCUT2D eigenvalue weighted by Crippen LogP contribution is -2.30. The monoisotopic (exact) mass is 364 g/mol. The van der Waals surface area contributed by atoms with E-state index in [1.54, 1.807) is 19.2 Å². The minimum Gasteiger partial charge on any atom is -0.619 e. The molecule has 3 aromatic rings. The van der Waals surface area contributed by atoms with Crippen molar-refractivity contribution in [1.82, 2.24) is 9.97 Å². The Bertz CT molecular complexity index is 938. The standard InChI is InChI=1S/C21H24N4O2/c1-16-10-11-18(15-25(16)27)13-19-14-23-21(24-20(19)26)22-12-6-5-9-17-7-3-2-4-8-17/h2-4,7-8,10-11,14-15H,5-6,9,12-13H2,1H3,(H2,22,23,24,26). The minimum absolute atomic E-state index is 0.185. The Labute approximate surface area is 158 Å². The van der Waals surface area contributed by atoms with Gasteiger partial charge in [0.1, 0.15) is 0 Å². The molecule has 0 bridgehead atoms. The summed E-state index contributed by atoms with van der Waals surface area (Å²) in [6.07, 6.45) is 6.55. The second-order valence-corrected chi connectivity index (χ2v) is 6.64. The highest BCUT2D eigenvalue weighted by Gasteiger charge is 2.07.